The average molecular weight is 484 g/mol. The smallest absolute Gasteiger partial charge is 0.270 e. The Morgan fingerprint density at radius 3 is 2.69 bits per heavy atom. The van der Waals surface area contributed by atoms with Gasteiger partial charge >= 0.3 is 0 Å². The van der Waals surface area contributed by atoms with E-state index in [-0.39, 0.29) is 23.6 Å². The van der Waals surface area contributed by atoms with Crippen molar-refractivity contribution < 1.29 is 23.8 Å². The van der Waals surface area contributed by atoms with E-state index in [2.05, 4.69) is 29.1 Å². The normalized spacial score (nSPS) is 17.9. The Morgan fingerprint density at radius 2 is 1.94 bits per heavy atom. The standard InChI is InChI=1S/C28H25N3O5/c1-28(17-34-18-28)12-10-19-8-9-25-24(14-19)31(2)27(33)23(16-35-25)30-26(32)22-15-21(11-13-29-22)36-20-6-4-3-5-7-20/h3-9,11,13-15,23H,16-18H2,1-2H3,(H,30,32)/t23-/m0/s1. The molecule has 8 heteroatoms. The number of anilines is 1. The molecular weight excluding hydrogens is 458 g/mol. The number of nitrogens with zero attached hydrogens (tertiary/aromatic N) is 2. The van der Waals surface area contributed by atoms with Crippen LogP contribution < -0.4 is 19.7 Å². The average Bonchev–Trinajstić information content (AvgIpc) is 2.99. The fourth-order valence-electron chi connectivity index (χ4n) is 3.84. The highest BCUT2D eigenvalue weighted by atomic mass is 16.5. The minimum Gasteiger partial charge on any atom is -0.489 e. The van der Waals surface area contributed by atoms with Gasteiger partial charge in [-0.3, -0.25) is 14.6 Å². The number of nitrogens with one attached hydrogen (secondary N) is 1. The molecular formula is C28H25N3O5. The molecule has 8 nitrogen and oxygen atoms in total. The van der Waals surface area contributed by atoms with Gasteiger partial charge < -0.3 is 24.4 Å². The van der Waals surface area contributed by atoms with Crippen molar-refractivity contribution in [2.75, 3.05) is 31.8 Å². The van der Waals surface area contributed by atoms with Gasteiger partial charge in [0, 0.05) is 24.9 Å². The van der Waals surface area contributed by atoms with Gasteiger partial charge in [0.15, 0.2) is 0 Å². The van der Waals surface area contributed by atoms with Crippen LogP contribution in [-0.2, 0) is 9.53 Å². The summed E-state index contributed by atoms with van der Waals surface area (Å²) in [5, 5.41) is 2.74. The molecule has 0 spiro atoms. The van der Waals surface area contributed by atoms with Gasteiger partial charge in [-0.15, -0.1) is 0 Å². The number of fused-ring (bicyclic) bond motifs is 1. The molecule has 2 aliphatic rings. The predicted octanol–water partition coefficient (Wildman–Crippen LogP) is 3.42. The maximum Gasteiger partial charge on any atom is 0.270 e. The predicted molar refractivity (Wildman–Crippen MR) is 133 cm³/mol. The van der Waals surface area contributed by atoms with Crippen molar-refractivity contribution in [2.45, 2.75) is 13.0 Å². The molecule has 3 aromatic rings. The van der Waals surface area contributed by atoms with E-state index < -0.39 is 11.9 Å². The first-order chi connectivity index (χ1) is 17.4. The number of rotatable bonds is 4. The molecule has 2 aliphatic heterocycles. The lowest BCUT2D eigenvalue weighted by Gasteiger charge is -2.32. The molecule has 182 valence electrons. The Kier molecular flexibility index (Phi) is 6.32. The number of carbonyl (C=O) groups is 2. The second-order valence-electron chi connectivity index (χ2n) is 9.01. The number of amides is 2. The van der Waals surface area contributed by atoms with Crippen LogP contribution >= 0.6 is 0 Å². The summed E-state index contributed by atoms with van der Waals surface area (Å²) in [6.45, 7) is 3.27. The molecule has 1 atom stereocenters. The van der Waals surface area contributed by atoms with Gasteiger partial charge in [-0.25, -0.2) is 0 Å². The van der Waals surface area contributed by atoms with Crippen LogP contribution in [0.3, 0.4) is 0 Å². The lowest BCUT2D eigenvalue weighted by Crippen LogP contribution is -2.49. The minimum atomic E-state index is -0.893. The molecule has 36 heavy (non-hydrogen) atoms. The topological polar surface area (TPSA) is 90.0 Å². The Labute approximate surface area is 209 Å². The van der Waals surface area contributed by atoms with Gasteiger partial charge in [0.1, 0.15) is 35.6 Å². The largest absolute Gasteiger partial charge is 0.489 e. The molecule has 1 fully saturated rings. The Morgan fingerprint density at radius 1 is 1.14 bits per heavy atom. The van der Waals surface area contributed by atoms with Crippen molar-refractivity contribution in [3.63, 3.8) is 0 Å². The second-order valence-corrected chi connectivity index (χ2v) is 9.01. The van der Waals surface area contributed by atoms with Crippen LogP contribution in [0.5, 0.6) is 17.2 Å². The molecule has 1 saturated heterocycles. The molecule has 2 aromatic carbocycles. The van der Waals surface area contributed by atoms with Crippen LogP contribution in [-0.4, -0.2) is 49.7 Å². The van der Waals surface area contributed by atoms with E-state index in [0.29, 0.717) is 36.1 Å². The molecule has 2 amide bonds. The van der Waals surface area contributed by atoms with Gasteiger partial charge in [0.2, 0.25) is 0 Å². The first-order valence-corrected chi connectivity index (χ1v) is 11.6. The van der Waals surface area contributed by atoms with Crippen LogP contribution in [0.15, 0.2) is 66.9 Å². The van der Waals surface area contributed by atoms with E-state index in [1.165, 1.54) is 17.2 Å². The van der Waals surface area contributed by atoms with Crippen LogP contribution in [0, 0.1) is 17.3 Å². The molecule has 0 radical (unpaired) electrons. The number of pyridine rings is 1. The van der Waals surface area contributed by atoms with Crippen LogP contribution in [0.1, 0.15) is 23.0 Å². The number of likely N-dealkylation sites (N-methyl/N-ethyl adjacent to an activating group) is 1. The number of carbonyl (C=O) groups excluding carboxylic acids is 2. The second kappa shape index (κ2) is 9.72. The zero-order chi connectivity index (χ0) is 25.1. The van der Waals surface area contributed by atoms with Crippen molar-refractivity contribution in [3.05, 3.63) is 78.1 Å². The lowest BCUT2D eigenvalue weighted by atomic mass is 9.89. The molecule has 3 heterocycles. The fraction of sp³-hybridized carbons (Fsp3) is 0.250. The van der Waals surface area contributed by atoms with Gasteiger partial charge in [0.05, 0.1) is 24.3 Å². The molecule has 1 aromatic heterocycles. The molecule has 0 bridgehead atoms. The lowest BCUT2D eigenvalue weighted by molar-refractivity contribution is -0.120. The highest BCUT2D eigenvalue weighted by Gasteiger charge is 2.32. The van der Waals surface area contributed by atoms with Gasteiger partial charge in [0.25, 0.3) is 11.8 Å². The summed E-state index contributed by atoms with van der Waals surface area (Å²) in [4.78, 5) is 31.8. The van der Waals surface area contributed by atoms with Crippen molar-refractivity contribution in [1.29, 1.82) is 0 Å². The summed E-state index contributed by atoms with van der Waals surface area (Å²) in [5.74, 6) is 7.25. The van der Waals surface area contributed by atoms with E-state index in [0.717, 1.165) is 5.56 Å². The SMILES string of the molecule is CN1C(=O)[C@@H](NC(=O)c2cc(Oc3ccccc3)ccn2)COc2ccc(C#CC3(C)COC3)cc21. The highest BCUT2D eigenvalue weighted by Crippen LogP contribution is 2.32. The molecule has 1 N–H and O–H groups in total. The van der Waals surface area contributed by atoms with E-state index in [9.17, 15) is 9.59 Å². The first-order valence-electron chi connectivity index (χ1n) is 11.6. The monoisotopic (exact) mass is 483 g/mol. The Balaban J connectivity index is 1.29. The van der Waals surface area contributed by atoms with E-state index >= 15 is 0 Å². The van der Waals surface area contributed by atoms with Gasteiger partial charge in [-0.05, 0) is 43.3 Å². The van der Waals surface area contributed by atoms with Crippen LogP contribution in [0.25, 0.3) is 0 Å². The van der Waals surface area contributed by atoms with Crippen molar-refractivity contribution in [2.24, 2.45) is 5.41 Å². The molecule has 5 rings (SSSR count). The zero-order valence-corrected chi connectivity index (χ0v) is 20.0. The van der Waals surface area contributed by atoms with Crippen LogP contribution in [0.2, 0.25) is 0 Å². The zero-order valence-electron chi connectivity index (χ0n) is 20.0. The number of ether oxygens (including phenoxy) is 3. The Hall–Kier alpha value is -4.35. The maximum absolute atomic E-state index is 13.2. The highest BCUT2D eigenvalue weighted by molar-refractivity contribution is 6.03. The number of benzene rings is 2. The summed E-state index contributed by atoms with van der Waals surface area (Å²) in [6, 6.07) is 17.0. The third-order valence-corrected chi connectivity index (χ3v) is 5.95. The van der Waals surface area contributed by atoms with Crippen molar-refractivity contribution in [3.8, 4) is 29.1 Å². The van der Waals surface area contributed by atoms with Gasteiger partial charge in [-0.2, -0.15) is 0 Å². The number of hydrogen-bond donors (Lipinski definition) is 1. The molecule has 0 saturated carbocycles. The molecule has 0 aliphatic carbocycles. The summed E-state index contributed by atoms with van der Waals surface area (Å²) in [6.07, 6.45) is 1.49. The summed E-state index contributed by atoms with van der Waals surface area (Å²) in [7, 11) is 1.65. The first kappa shape index (κ1) is 23.4. The number of para-hydroxylation sites is 1. The maximum atomic E-state index is 13.2. The third-order valence-electron chi connectivity index (χ3n) is 5.95. The number of hydrogen-bond acceptors (Lipinski definition) is 6. The van der Waals surface area contributed by atoms with Crippen LogP contribution in [0.4, 0.5) is 5.69 Å². The van der Waals surface area contributed by atoms with Crippen molar-refractivity contribution >= 4 is 17.5 Å². The number of aromatic nitrogens is 1. The molecule has 0 unspecified atom stereocenters. The fourth-order valence-corrected chi connectivity index (χ4v) is 3.84. The Bertz CT molecular complexity index is 1360. The summed E-state index contributed by atoms with van der Waals surface area (Å²) >= 11 is 0. The van der Waals surface area contributed by atoms with Crippen molar-refractivity contribution in [1.82, 2.24) is 10.3 Å². The van der Waals surface area contributed by atoms with E-state index in [1.54, 1.807) is 19.2 Å². The minimum absolute atomic E-state index is 0.0114. The third kappa shape index (κ3) is 5.02. The quantitative estimate of drug-likeness (QED) is 0.572. The van der Waals surface area contributed by atoms with E-state index in [1.807, 2.05) is 42.5 Å². The summed E-state index contributed by atoms with van der Waals surface area (Å²) in [5.41, 5.74) is 1.35. The van der Waals surface area contributed by atoms with Gasteiger partial charge in [-0.1, -0.05) is 30.0 Å². The van der Waals surface area contributed by atoms with E-state index in [4.69, 9.17) is 14.2 Å². The summed E-state index contributed by atoms with van der Waals surface area (Å²) < 4.78 is 16.9.